The van der Waals surface area contributed by atoms with Crippen LogP contribution in [0, 0.1) is 34.1 Å². The van der Waals surface area contributed by atoms with E-state index in [-0.39, 0.29) is 357 Å². The van der Waals surface area contributed by atoms with Crippen LogP contribution in [0.25, 0.3) is 0 Å². The van der Waals surface area contributed by atoms with Crippen molar-refractivity contribution in [1.29, 1.82) is 0 Å². The predicted octanol–water partition coefficient (Wildman–Crippen LogP) is -15.7. The molecule has 25 heteroatoms. The zero-order valence-corrected chi connectivity index (χ0v) is 50.2. The van der Waals surface area contributed by atoms with Crippen LogP contribution in [-0.2, 0) is 9.59 Å². The summed E-state index contributed by atoms with van der Waals surface area (Å²) < 4.78 is 0. The first-order valence-corrected chi connectivity index (χ1v) is 10.3. The number of hydrogen-bond donors (Lipinski definition) is 2. The molecule has 0 heterocycles. The second-order valence-electron chi connectivity index (χ2n) is 5.09. The number of halogens is 5. The number of hydrogen-bond acceptors (Lipinski definition) is 2. The Morgan fingerprint density at radius 1 is 0.510 bits per heavy atom. The summed E-state index contributed by atoms with van der Waals surface area (Å²) in [6.45, 7) is 28.1. The molecule has 0 amide bonds. The summed E-state index contributed by atoms with van der Waals surface area (Å²) in [5.41, 5.74) is 0. The molecule has 0 saturated heterocycles. The topological polar surface area (TPSA) is 232 Å². The minimum absolute atomic E-state index is 0. The molecule has 0 saturated carbocycles. The van der Waals surface area contributed by atoms with Gasteiger partial charge in [-0.25, -0.2) is 0 Å². The van der Waals surface area contributed by atoms with Gasteiger partial charge in [0.1, 0.15) is 0 Å². The predicted molar refractivity (Wildman–Crippen MR) is 227 cm³/mol. The molecule has 0 aliphatic carbocycles. The largest absolute Gasteiger partial charge is 2.00 e. The van der Waals surface area contributed by atoms with Crippen LogP contribution in [0.15, 0.2) is 0 Å². The number of carboxylic acids is 2. The average Bonchev–Trinajstić information content (AvgIpc) is 2.64. The van der Waals surface area contributed by atoms with Gasteiger partial charge in [0.2, 0.25) is 0 Å². The first-order valence-electron chi connectivity index (χ1n) is 10.3. The van der Waals surface area contributed by atoms with Crippen LogP contribution in [0.4, 0.5) is 0 Å². The van der Waals surface area contributed by atoms with Crippen molar-refractivity contribution in [2.45, 2.75) is 113 Å². The molecule has 286 valence electrons. The number of aliphatic carboxylic acids is 2. The van der Waals surface area contributed by atoms with Crippen molar-refractivity contribution in [2.24, 2.45) is 0 Å². The zero-order valence-electron chi connectivity index (χ0n) is 39.2. The number of carbonyl (C=O) groups is 2. The van der Waals surface area contributed by atoms with Gasteiger partial charge >= 0.3 is 207 Å². The number of rotatable bonds is 7. The monoisotopic (exact) mass is 1090 g/mol. The Bertz CT molecular complexity index is 293. The van der Waals surface area contributed by atoms with Gasteiger partial charge in [0.15, 0.2) is 34.7 Å². The fourth-order valence-corrected chi connectivity index (χ4v) is 1.03. The summed E-state index contributed by atoms with van der Waals surface area (Å²) in [7, 11) is 0. The Morgan fingerprint density at radius 2 is 0.612 bits per heavy atom. The molecule has 0 atom stereocenters. The maximum absolute atomic E-state index is 9.00. The molecule has 0 aromatic rings. The smallest absolute Gasteiger partial charge is 1.00 e. The Balaban J connectivity index is -0.00000000250. The maximum atomic E-state index is 9.00. The third-order valence-corrected chi connectivity index (χ3v) is 1.96. The SMILES string of the molecule is CC(=O)O.CC(=O)O.C[CH-]C.O.O.O.O.O.[AlH3].[AlH3].[Br-].[Br-].[Br-].[CH2-]C.[CH2-]C.[CH2-]CCCCC.[CH2-]CCCCCC.[Cl-].[Cl-].[H-].[H-].[H-].[H-].[H-].[H-].[H-].[H-].[Mg+2].[Mg+2].[Mg+2].[Mg+2].[Mg+2].[Mg+2].[Mg+2].[Mg+2].[Mg+2]. The first kappa shape index (κ1) is 210. The zero-order chi connectivity index (χ0) is 24.2. The van der Waals surface area contributed by atoms with Crippen molar-refractivity contribution in [2.75, 3.05) is 0 Å². The molecular formula is C24H77Al2Br3Cl2Mg9O9. The van der Waals surface area contributed by atoms with Gasteiger partial charge in [-0.15, -0.1) is 0 Å². The van der Waals surface area contributed by atoms with E-state index in [4.69, 9.17) is 19.8 Å². The van der Waals surface area contributed by atoms with Crippen molar-refractivity contribution in [3.05, 3.63) is 34.1 Å². The molecule has 49 heavy (non-hydrogen) atoms. The molecule has 0 radical (unpaired) electrons. The second kappa shape index (κ2) is 288. The van der Waals surface area contributed by atoms with Crippen LogP contribution in [0.2, 0.25) is 0 Å². The third kappa shape index (κ3) is 687. The van der Waals surface area contributed by atoms with Crippen LogP contribution < -0.4 is 75.8 Å². The molecular weight excluding hydrogens is 1020 g/mol. The van der Waals surface area contributed by atoms with Crippen LogP contribution in [0.5, 0.6) is 0 Å². The second-order valence-corrected chi connectivity index (χ2v) is 5.09. The molecule has 0 aliphatic rings. The molecule has 0 bridgehead atoms. The molecule has 9 nitrogen and oxygen atoms in total. The normalized spacial score (nSPS) is 4.08. The molecule has 0 aromatic carbocycles. The van der Waals surface area contributed by atoms with Crippen molar-refractivity contribution in [3.63, 3.8) is 0 Å². The van der Waals surface area contributed by atoms with Crippen LogP contribution >= 0.6 is 0 Å². The molecule has 12 N–H and O–H groups in total. The average molecular weight is 1090 g/mol. The Labute approximate surface area is 526 Å². The van der Waals surface area contributed by atoms with E-state index in [2.05, 4.69) is 41.5 Å². The summed E-state index contributed by atoms with van der Waals surface area (Å²) in [6, 6.07) is 0. The summed E-state index contributed by atoms with van der Waals surface area (Å²) >= 11 is 0. The summed E-state index contributed by atoms with van der Waals surface area (Å²) in [4.78, 5) is 18.0. The fraction of sp³-hybridized carbons (Fsp3) is 0.708. The van der Waals surface area contributed by atoms with Crippen molar-refractivity contribution in [1.82, 2.24) is 0 Å². The van der Waals surface area contributed by atoms with Crippen LogP contribution in [0.1, 0.15) is 125 Å². The molecule has 0 spiro atoms. The van der Waals surface area contributed by atoms with Gasteiger partial charge in [-0.3, -0.25) is 9.59 Å². The number of carboxylic acid groups (broad SMARTS) is 2. The first-order chi connectivity index (χ1) is 13.2. The van der Waals surface area contributed by atoms with Crippen molar-refractivity contribution in [3.8, 4) is 0 Å². The molecule has 0 unspecified atom stereocenters. The molecule has 0 rings (SSSR count). The van der Waals surface area contributed by atoms with Gasteiger partial charge in [-0.05, 0) is 0 Å². The summed E-state index contributed by atoms with van der Waals surface area (Å²) in [6.07, 6.45) is 13.6. The Hall–Kier alpha value is 8.72. The van der Waals surface area contributed by atoms with Gasteiger partial charge in [-0.1, -0.05) is 58.8 Å². The van der Waals surface area contributed by atoms with Crippen LogP contribution in [-0.4, -0.2) is 292 Å². The van der Waals surface area contributed by atoms with Gasteiger partial charge in [0.25, 0.3) is 11.9 Å². The minimum Gasteiger partial charge on any atom is -1.00 e. The van der Waals surface area contributed by atoms with Gasteiger partial charge in [0, 0.05) is 13.8 Å². The van der Waals surface area contributed by atoms with Crippen molar-refractivity contribution < 1.29 is 134 Å². The van der Waals surface area contributed by atoms with Gasteiger partial charge < -0.3 is 159 Å². The maximum Gasteiger partial charge on any atom is 2.00 e. The van der Waals surface area contributed by atoms with E-state index in [0.29, 0.717) is 0 Å². The Morgan fingerprint density at radius 3 is 0.694 bits per heavy atom. The molecule has 0 aliphatic heterocycles. The van der Waals surface area contributed by atoms with Gasteiger partial charge in [0.05, 0.1) is 0 Å². The molecule has 0 aromatic heterocycles. The van der Waals surface area contributed by atoms with Crippen molar-refractivity contribution >= 4 is 254 Å². The summed E-state index contributed by atoms with van der Waals surface area (Å²) in [5.74, 6) is -1.67. The Kier molecular flexibility index (Phi) is 1240. The third-order valence-electron chi connectivity index (χ3n) is 1.96. The summed E-state index contributed by atoms with van der Waals surface area (Å²) in [5, 5.41) is 14.8. The number of unbranched alkanes of at least 4 members (excludes halogenated alkanes) is 7. The quantitative estimate of drug-likeness (QED) is 0.144. The van der Waals surface area contributed by atoms with E-state index in [9.17, 15) is 0 Å². The van der Waals surface area contributed by atoms with E-state index in [1.165, 1.54) is 44.9 Å². The standard InChI is InChI=1S/C7H15.C6H13.C3H7.2C2H4O2.2C2H5.2Al.3BrH.2ClH.9Mg.5H2O.14H/c1-3-5-7-6-4-2;1-3-5-6-4-2;1-3-2;2*1-2(3)4;2*1-2;;;;;;;;;;;;;;;;;;;;;;;;;;;;;;;;;;;/h1,3-7H2,2H3;1,3-6H2,2H3;3H,1-2H3;2*1H3,(H,3,4);2*1H2,2H3;;;5*1H;;;;;;;;;;5*1H2;;;;;;;;;;;;;;/q3*-1;;;2*-1;;;;;;;;9*+2;;;;;;;;;;;;8*-1/p-5. The van der Waals surface area contributed by atoms with E-state index in [1.54, 1.807) is 13.8 Å². The fourth-order valence-electron chi connectivity index (χ4n) is 1.03. The van der Waals surface area contributed by atoms with E-state index in [1.807, 2.05) is 20.3 Å². The van der Waals surface area contributed by atoms with E-state index < -0.39 is 11.9 Å². The van der Waals surface area contributed by atoms with Gasteiger partial charge in [-0.2, -0.15) is 40.5 Å². The van der Waals surface area contributed by atoms with Crippen LogP contribution in [0.3, 0.4) is 0 Å². The van der Waals surface area contributed by atoms with E-state index >= 15 is 0 Å². The van der Waals surface area contributed by atoms with E-state index in [0.717, 1.165) is 26.7 Å². The molecule has 0 fully saturated rings. The minimum atomic E-state index is -0.833.